The van der Waals surface area contributed by atoms with E-state index in [-0.39, 0.29) is 11.6 Å². The fourth-order valence-corrected chi connectivity index (χ4v) is 4.15. The maximum atomic E-state index is 13.7. The van der Waals surface area contributed by atoms with Gasteiger partial charge in [0.05, 0.1) is 29.0 Å². The lowest BCUT2D eigenvalue weighted by atomic mass is 10.1. The highest BCUT2D eigenvalue weighted by atomic mass is 16.1. The molecule has 3 heterocycles. The Bertz CT molecular complexity index is 1500. The Morgan fingerprint density at radius 2 is 1.91 bits per heavy atom. The van der Waals surface area contributed by atoms with Crippen LogP contribution in [0.15, 0.2) is 66.0 Å². The van der Waals surface area contributed by atoms with Crippen LogP contribution in [0.2, 0.25) is 0 Å². The number of nitrogen functional groups attached to an aromatic ring is 1. The SMILES string of the molecule is Nc1cccc2nc(C(Nc3ncnc4nc[nH]c34)C3CC3)n(-c3ccccc3)c(=O)c12. The number of hydrogen-bond donors (Lipinski definition) is 3. The monoisotopic (exact) mass is 424 g/mol. The molecule has 0 amide bonds. The minimum atomic E-state index is -0.227. The van der Waals surface area contributed by atoms with E-state index in [0.717, 1.165) is 24.0 Å². The van der Waals surface area contributed by atoms with Gasteiger partial charge in [-0.05, 0) is 43.0 Å². The summed E-state index contributed by atoms with van der Waals surface area (Å²) in [6, 6.07) is 14.7. The van der Waals surface area contributed by atoms with Gasteiger partial charge >= 0.3 is 0 Å². The van der Waals surface area contributed by atoms with Crippen molar-refractivity contribution in [3.8, 4) is 5.69 Å². The third-order valence-corrected chi connectivity index (χ3v) is 5.86. The molecule has 5 aromatic rings. The molecule has 9 heteroatoms. The second kappa shape index (κ2) is 7.16. The number of para-hydroxylation sites is 1. The Morgan fingerprint density at radius 1 is 1.06 bits per heavy atom. The molecule has 158 valence electrons. The van der Waals surface area contributed by atoms with E-state index in [4.69, 9.17) is 10.7 Å². The molecule has 0 aliphatic heterocycles. The average molecular weight is 424 g/mol. The summed E-state index contributed by atoms with van der Waals surface area (Å²) >= 11 is 0. The van der Waals surface area contributed by atoms with Gasteiger partial charge in [-0.2, -0.15) is 0 Å². The Labute approximate surface area is 182 Å². The smallest absolute Gasteiger partial charge is 0.268 e. The van der Waals surface area contributed by atoms with Crippen LogP contribution in [0.25, 0.3) is 27.8 Å². The molecule has 32 heavy (non-hydrogen) atoms. The zero-order valence-corrected chi connectivity index (χ0v) is 17.1. The van der Waals surface area contributed by atoms with Gasteiger partial charge in [-0.15, -0.1) is 0 Å². The maximum absolute atomic E-state index is 13.7. The molecule has 1 saturated carbocycles. The molecule has 2 aromatic carbocycles. The van der Waals surface area contributed by atoms with Crippen molar-refractivity contribution in [3.63, 3.8) is 0 Å². The zero-order chi connectivity index (χ0) is 21.7. The first kappa shape index (κ1) is 18.5. The number of nitrogens with zero attached hydrogens (tertiary/aromatic N) is 5. The molecular weight excluding hydrogens is 404 g/mol. The molecule has 1 aliphatic rings. The van der Waals surface area contributed by atoms with E-state index in [1.807, 2.05) is 42.5 Å². The standard InChI is InChI=1S/C23H20N8O/c24-15-7-4-8-16-17(15)23(32)31(14-5-2-1-3-6-14)22(29-16)18(13-9-10-13)30-21-19-20(26-11-25-19)27-12-28-21/h1-8,11-13,18H,9-10,24H2,(H2,25,26,27,28,30). The molecule has 1 atom stereocenters. The van der Waals surface area contributed by atoms with Gasteiger partial charge in [0, 0.05) is 5.69 Å². The lowest BCUT2D eigenvalue weighted by molar-refractivity contribution is 0.609. The summed E-state index contributed by atoms with van der Waals surface area (Å²) in [5, 5.41) is 3.95. The molecule has 1 unspecified atom stereocenters. The minimum Gasteiger partial charge on any atom is -0.398 e. The molecule has 1 aliphatic carbocycles. The summed E-state index contributed by atoms with van der Waals surface area (Å²) in [4.78, 5) is 34.6. The van der Waals surface area contributed by atoms with Crippen LogP contribution in [0.4, 0.5) is 11.5 Å². The van der Waals surface area contributed by atoms with E-state index >= 15 is 0 Å². The predicted molar refractivity (Wildman–Crippen MR) is 123 cm³/mol. The van der Waals surface area contributed by atoms with Gasteiger partial charge in [-0.1, -0.05) is 24.3 Å². The highest BCUT2D eigenvalue weighted by Gasteiger charge is 2.36. The Morgan fingerprint density at radius 3 is 2.72 bits per heavy atom. The van der Waals surface area contributed by atoms with Gasteiger partial charge in [-0.3, -0.25) is 9.36 Å². The predicted octanol–water partition coefficient (Wildman–Crippen LogP) is 3.20. The number of hydrogen-bond acceptors (Lipinski definition) is 7. The highest BCUT2D eigenvalue weighted by molar-refractivity contribution is 5.89. The van der Waals surface area contributed by atoms with Crippen LogP contribution >= 0.6 is 0 Å². The number of rotatable bonds is 5. The van der Waals surface area contributed by atoms with Crippen LogP contribution < -0.4 is 16.6 Å². The molecule has 3 aromatic heterocycles. The molecule has 0 saturated heterocycles. The quantitative estimate of drug-likeness (QED) is 0.370. The second-order valence-electron chi connectivity index (χ2n) is 7.97. The van der Waals surface area contributed by atoms with E-state index < -0.39 is 0 Å². The molecule has 0 radical (unpaired) electrons. The van der Waals surface area contributed by atoms with Crippen molar-refractivity contribution >= 4 is 33.6 Å². The van der Waals surface area contributed by atoms with Crippen LogP contribution in [0.3, 0.4) is 0 Å². The number of aromatic amines is 1. The third kappa shape index (κ3) is 2.97. The van der Waals surface area contributed by atoms with Gasteiger partial charge < -0.3 is 16.0 Å². The maximum Gasteiger partial charge on any atom is 0.268 e. The first-order valence-electron chi connectivity index (χ1n) is 10.5. The van der Waals surface area contributed by atoms with Crippen LogP contribution in [0, 0.1) is 5.92 Å². The lowest BCUT2D eigenvalue weighted by Crippen LogP contribution is -2.29. The van der Waals surface area contributed by atoms with Gasteiger partial charge in [0.2, 0.25) is 0 Å². The number of nitrogens with one attached hydrogen (secondary N) is 2. The number of aromatic nitrogens is 6. The number of anilines is 2. The molecule has 1 fully saturated rings. The lowest BCUT2D eigenvalue weighted by Gasteiger charge is -2.23. The number of imidazole rings is 1. The Kier molecular flexibility index (Phi) is 4.14. The van der Waals surface area contributed by atoms with Crippen LogP contribution in [0.5, 0.6) is 0 Å². The summed E-state index contributed by atoms with van der Waals surface area (Å²) < 4.78 is 1.67. The number of nitrogens with two attached hydrogens (primary N) is 1. The van der Waals surface area contributed by atoms with Crippen LogP contribution in [-0.2, 0) is 0 Å². The molecule has 6 rings (SSSR count). The number of fused-ring (bicyclic) bond motifs is 2. The van der Waals surface area contributed by atoms with Crippen LogP contribution in [0.1, 0.15) is 24.7 Å². The molecule has 0 bridgehead atoms. The molecular formula is C23H20N8O. The van der Waals surface area contributed by atoms with Crippen molar-refractivity contribution in [2.24, 2.45) is 5.92 Å². The summed E-state index contributed by atoms with van der Waals surface area (Å²) in [6.07, 6.45) is 5.14. The van der Waals surface area contributed by atoms with Crippen molar-refractivity contribution in [1.29, 1.82) is 0 Å². The van der Waals surface area contributed by atoms with Gasteiger partial charge in [-0.25, -0.2) is 19.9 Å². The fourth-order valence-electron chi connectivity index (χ4n) is 4.15. The number of H-pyrrole nitrogens is 1. The van der Waals surface area contributed by atoms with Crippen molar-refractivity contribution in [2.45, 2.75) is 18.9 Å². The first-order chi connectivity index (χ1) is 15.7. The summed E-state index contributed by atoms with van der Waals surface area (Å²) in [5.74, 6) is 1.59. The summed E-state index contributed by atoms with van der Waals surface area (Å²) in [6.45, 7) is 0. The largest absolute Gasteiger partial charge is 0.398 e. The summed E-state index contributed by atoms with van der Waals surface area (Å²) in [5.41, 5.74) is 9.04. The number of benzene rings is 2. The van der Waals surface area contributed by atoms with Crippen molar-refractivity contribution in [2.75, 3.05) is 11.1 Å². The van der Waals surface area contributed by atoms with Gasteiger partial charge in [0.1, 0.15) is 17.7 Å². The van der Waals surface area contributed by atoms with Crippen LogP contribution in [-0.4, -0.2) is 29.5 Å². The van der Waals surface area contributed by atoms with E-state index in [2.05, 4.69) is 25.3 Å². The molecule has 4 N–H and O–H groups in total. The van der Waals surface area contributed by atoms with Gasteiger partial charge in [0.15, 0.2) is 11.5 Å². The zero-order valence-electron chi connectivity index (χ0n) is 17.1. The van der Waals surface area contributed by atoms with Crippen molar-refractivity contribution < 1.29 is 0 Å². The fraction of sp³-hybridized carbons (Fsp3) is 0.174. The average Bonchev–Trinajstić information content (AvgIpc) is 3.53. The second-order valence-corrected chi connectivity index (χ2v) is 7.97. The van der Waals surface area contributed by atoms with E-state index in [0.29, 0.717) is 39.8 Å². The van der Waals surface area contributed by atoms with Crippen molar-refractivity contribution in [1.82, 2.24) is 29.5 Å². The van der Waals surface area contributed by atoms with E-state index in [1.165, 1.54) is 6.33 Å². The molecule has 0 spiro atoms. The normalized spacial score (nSPS) is 14.6. The minimum absolute atomic E-state index is 0.184. The van der Waals surface area contributed by atoms with Gasteiger partial charge in [0.25, 0.3) is 5.56 Å². The highest BCUT2D eigenvalue weighted by Crippen LogP contribution is 2.43. The summed E-state index contributed by atoms with van der Waals surface area (Å²) in [7, 11) is 0. The molecule has 9 nitrogen and oxygen atoms in total. The van der Waals surface area contributed by atoms with E-state index in [1.54, 1.807) is 17.0 Å². The van der Waals surface area contributed by atoms with Crippen molar-refractivity contribution in [3.05, 3.63) is 77.4 Å². The topological polar surface area (TPSA) is 127 Å². The van der Waals surface area contributed by atoms with E-state index in [9.17, 15) is 4.79 Å². The third-order valence-electron chi connectivity index (χ3n) is 5.86. The Balaban J connectivity index is 1.59. The first-order valence-corrected chi connectivity index (χ1v) is 10.5. The Hall–Kier alpha value is -4.27.